The van der Waals surface area contributed by atoms with E-state index < -0.39 is 0 Å². The number of aliphatic imine (C=N–C) groups is 1. The monoisotopic (exact) mass is 491 g/mol. The fraction of sp³-hybridized carbons (Fsp3) is 0.429. The van der Waals surface area contributed by atoms with Crippen LogP contribution in [0.5, 0.6) is 11.5 Å². The second-order valence-electron chi connectivity index (χ2n) is 9.30. The molecule has 2 aliphatic rings. The average molecular weight is 492 g/mol. The number of thioether (sulfide) groups is 1. The fourth-order valence-corrected chi connectivity index (χ4v) is 5.66. The van der Waals surface area contributed by atoms with Crippen LogP contribution in [0.25, 0.3) is 10.9 Å². The Morgan fingerprint density at radius 3 is 2.69 bits per heavy atom. The van der Waals surface area contributed by atoms with Crippen LogP contribution in [0.3, 0.4) is 0 Å². The molecule has 0 unspecified atom stereocenters. The molecule has 3 aromatic rings. The minimum Gasteiger partial charge on any atom is -0.493 e. The van der Waals surface area contributed by atoms with E-state index in [0.717, 1.165) is 66.2 Å². The van der Waals surface area contributed by atoms with E-state index in [1.807, 2.05) is 6.07 Å². The van der Waals surface area contributed by atoms with E-state index in [0.29, 0.717) is 6.54 Å². The van der Waals surface area contributed by atoms with Crippen LogP contribution in [0.15, 0.2) is 46.4 Å². The Morgan fingerprint density at radius 1 is 1.09 bits per heavy atom. The van der Waals surface area contributed by atoms with Crippen molar-refractivity contribution in [1.82, 2.24) is 9.88 Å². The van der Waals surface area contributed by atoms with Crippen molar-refractivity contribution in [3.8, 4) is 11.5 Å². The first kappa shape index (κ1) is 23.9. The van der Waals surface area contributed by atoms with Gasteiger partial charge in [-0.05, 0) is 91.9 Å². The number of benzene rings is 2. The van der Waals surface area contributed by atoms with Crippen molar-refractivity contribution >= 4 is 27.8 Å². The van der Waals surface area contributed by atoms with Gasteiger partial charge in [-0.15, -0.1) is 0 Å². The maximum absolute atomic E-state index is 5.83. The minimum atomic E-state index is 0.229. The van der Waals surface area contributed by atoms with E-state index in [1.54, 1.807) is 26.0 Å². The summed E-state index contributed by atoms with van der Waals surface area (Å²) in [6.07, 6.45) is 3.33. The summed E-state index contributed by atoms with van der Waals surface area (Å²) < 4.78 is 16.7. The van der Waals surface area contributed by atoms with E-state index in [9.17, 15) is 0 Å². The molecule has 7 heteroatoms. The van der Waals surface area contributed by atoms with Gasteiger partial charge in [-0.1, -0.05) is 6.07 Å². The van der Waals surface area contributed by atoms with Crippen molar-refractivity contribution < 1.29 is 14.2 Å². The number of hydrogen-bond donors (Lipinski definition) is 0. The Morgan fingerprint density at radius 2 is 1.91 bits per heavy atom. The van der Waals surface area contributed by atoms with Gasteiger partial charge in [-0.3, -0.25) is 4.99 Å². The number of fused-ring (bicyclic) bond motifs is 2. The normalized spacial score (nSPS) is 18.8. The van der Waals surface area contributed by atoms with E-state index in [-0.39, 0.29) is 6.10 Å². The van der Waals surface area contributed by atoms with Gasteiger partial charge in [0, 0.05) is 30.6 Å². The molecule has 0 amide bonds. The molecule has 0 spiro atoms. The molecule has 184 valence electrons. The van der Waals surface area contributed by atoms with Gasteiger partial charge in [-0.25, -0.2) is 4.98 Å². The van der Waals surface area contributed by atoms with Crippen molar-refractivity contribution in [1.29, 1.82) is 0 Å². The van der Waals surface area contributed by atoms with Crippen molar-refractivity contribution in [3.63, 3.8) is 0 Å². The molecule has 0 N–H and O–H groups in total. The number of aromatic nitrogens is 1. The Hall–Kier alpha value is -2.77. The molecule has 0 saturated carbocycles. The van der Waals surface area contributed by atoms with Crippen LogP contribution < -0.4 is 9.47 Å². The van der Waals surface area contributed by atoms with Gasteiger partial charge in [0.15, 0.2) is 16.7 Å². The van der Waals surface area contributed by atoms with Crippen LogP contribution >= 0.6 is 11.8 Å². The van der Waals surface area contributed by atoms with Gasteiger partial charge < -0.3 is 19.1 Å². The SMILES string of the molecule is COc1ccc(CCN2Cc3cc4cc(C)c(C)cc4nc3SC2=NC[C@@H]2CCCO2)cc1OC. The second-order valence-corrected chi connectivity index (χ2v) is 10.3. The Kier molecular flexibility index (Phi) is 7.16. The summed E-state index contributed by atoms with van der Waals surface area (Å²) >= 11 is 1.69. The maximum atomic E-state index is 5.83. The van der Waals surface area contributed by atoms with Crippen molar-refractivity contribution in [3.05, 3.63) is 58.7 Å². The number of ether oxygens (including phenoxy) is 3. The number of aryl methyl sites for hydroxylation is 2. The molecule has 35 heavy (non-hydrogen) atoms. The number of pyridine rings is 1. The molecule has 1 fully saturated rings. The minimum absolute atomic E-state index is 0.229. The van der Waals surface area contributed by atoms with Gasteiger partial charge in [0.05, 0.1) is 32.4 Å². The molecular weight excluding hydrogens is 458 g/mol. The third-order valence-corrected chi connectivity index (χ3v) is 7.98. The zero-order chi connectivity index (χ0) is 24.4. The Labute approximate surface area is 211 Å². The molecule has 5 rings (SSSR count). The van der Waals surface area contributed by atoms with E-state index in [1.165, 1.54) is 27.6 Å². The Balaban J connectivity index is 1.41. The maximum Gasteiger partial charge on any atom is 0.166 e. The van der Waals surface area contributed by atoms with Crippen molar-refractivity contribution in [2.75, 3.05) is 33.9 Å². The van der Waals surface area contributed by atoms with Gasteiger partial charge >= 0.3 is 0 Å². The highest BCUT2D eigenvalue weighted by atomic mass is 32.2. The largest absolute Gasteiger partial charge is 0.493 e. The topological polar surface area (TPSA) is 56.2 Å². The van der Waals surface area contributed by atoms with Crippen molar-refractivity contribution in [2.24, 2.45) is 4.99 Å². The first-order valence-corrected chi connectivity index (χ1v) is 13.1. The van der Waals surface area contributed by atoms with Gasteiger partial charge in [0.2, 0.25) is 0 Å². The summed E-state index contributed by atoms with van der Waals surface area (Å²) in [7, 11) is 3.34. The molecule has 1 atom stereocenters. The zero-order valence-corrected chi connectivity index (χ0v) is 21.8. The summed E-state index contributed by atoms with van der Waals surface area (Å²) in [4.78, 5) is 12.4. The lowest BCUT2D eigenvalue weighted by atomic mass is 10.0. The Bertz CT molecular complexity index is 1250. The summed E-state index contributed by atoms with van der Waals surface area (Å²) in [6.45, 7) is 7.52. The first-order chi connectivity index (χ1) is 17.0. The van der Waals surface area contributed by atoms with Crippen LogP contribution in [0.1, 0.15) is 35.1 Å². The summed E-state index contributed by atoms with van der Waals surface area (Å²) in [5.74, 6) is 1.51. The summed E-state index contributed by atoms with van der Waals surface area (Å²) in [5, 5.41) is 3.30. The number of nitrogens with zero attached hydrogens (tertiary/aromatic N) is 3. The highest BCUT2D eigenvalue weighted by Gasteiger charge is 2.25. The molecular formula is C28H33N3O3S. The number of rotatable bonds is 7. The third-order valence-electron chi connectivity index (χ3n) is 6.86. The predicted molar refractivity (Wildman–Crippen MR) is 142 cm³/mol. The molecule has 0 radical (unpaired) electrons. The molecule has 0 aliphatic carbocycles. The van der Waals surface area contributed by atoms with Crippen LogP contribution in [-0.4, -0.2) is 55.1 Å². The lowest BCUT2D eigenvalue weighted by Crippen LogP contribution is -2.34. The molecule has 1 saturated heterocycles. The van der Waals surface area contributed by atoms with E-state index in [2.05, 4.69) is 49.1 Å². The standard InChI is InChI=1S/C28H33N3O3S/c1-18-12-21-15-22-17-31(10-9-20-7-8-25(32-3)26(14-20)33-4)28(29-16-23-6-5-11-34-23)35-27(22)30-24(21)13-19(18)2/h7-8,12-15,23H,5-6,9-11,16-17H2,1-4H3/t23-/m0/s1. The van der Waals surface area contributed by atoms with Crippen LogP contribution in [-0.2, 0) is 17.7 Å². The quantitative estimate of drug-likeness (QED) is 0.432. The third kappa shape index (κ3) is 5.26. The summed E-state index contributed by atoms with van der Waals surface area (Å²) in [6, 6.07) is 12.9. The van der Waals surface area contributed by atoms with Gasteiger partial charge in [-0.2, -0.15) is 0 Å². The molecule has 2 aliphatic heterocycles. The lowest BCUT2D eigenvalue weighted by molar-refractivity contribution is 0.117. The fourth-order valence-electron chi connectivity index (χ4n) is 4.67. The number of methoxy groups -OCH3 is 2. The summed E-state index contributed by atoms with van der Waals surface area (Å²) in [5.41, 5.74) is 6.09. The highest BCUT2D eigenvalue weighted by Crippen LogP contribution is 2.34. The highest BCUT2D eigenvalue weighted by molar-refractivity contribution is 8.13. The average Bonchev–Trinajstić information content (AvgIpc) is 3.39. The van der Waals surface area contributed by atoms with Gasteiger partial charge in [0.1, 0.15) is 5.03 Å². The van der Waals surface area contributed by atoms with Crippen LogP contribution in [0.4, 0.5) is 0 Å². The van der Waals surface area contributed by atoms with Crippen LogP contribution in [0.2, 0.25) is 0 Å². The molecule has 2 aromatic carbocycles. The smallest absolute Gasteiger partial charge is 0.166 e. The van der Waals surface area contributed by atoms with Crippen molar-refractivity contribution in [2.45, 2.75) is 50.8 Å². The molecule has 6 nitrogen and oxygen atoms in total. The second kappa shape index (κ2) is 10.5. The number of hydrogen-bond acceptors (Lipinski definition) is 6. The zero-order valence-electron chi connectivity index (χ0n) is 21.0. The lowest BCUT2D eigenvalue weighted by Gasteiger charge is -2.31. The molecule has 1 aromatic heterocycles. The number of amidine groups is 1. The predicted octanol–water partition coefficient (Wildman–Crippen LogP) is 5.55. The van der Waals surface area contributed by atoms with E-state index in [4.69, 9.17) is 24.2 Å². The first-order valence-electron chi connectivity index (χ1n) is 12.2. The van der Waals surface area contributed by atoms with E-state index >= 15 is 0 Å². The van der Waals surface area contributed by atoms with Crippen LogP contribution in [0, 0.1) is 13.8 Å². The van der Waals surface area contributed by atoms with Gasteiger partial charge in [0.25, 0.3) is 0 Å². The molecule has 0 bridgehead atoms. The molecule has 3 heterocycles.